The summed E-state index contributed by atoms with van der Waals surface area (Å²) in [5, 5.41) is 3.86. The van der Waals surface area contributed by atoms with Gasteiger partial charge in [0.15, 0.2) is 0 Å². The van der Waals surface area contributed by atoms with E-state index < -0.39 is 11.6 Å². The van der Waals surface area contributed by atoms with E-state index in [2.05, 4.69) is 5.32 Å². The van der Waals surface area contributed by atoms with Crippen molar-refractivity contribution >= 4 is 41.0 Å². The Kier molecular flexibility index (Phi) is 4.77. The van der Waals surface area contributed by atoms with Crippen LogP contribution in [-0.2, 0) is 11.3 Å². The molecule has 6 nitrogen and oxygen atoms in total. The molecule has 2 aromatic carbocycles. The molecule has 2 saturated heterocycles. The fraction of sp³-hybridized carbons (Fsp3) is 0.250. The zero-order valence-electron chi connectivity index (χ0n) is 14.8. The molecule has 0 bridgehead atoms. The molecule has 1 N–H and O–H groups in total. The predicted molar refractivity (Wildman–Crippen MR) is 105 cm³/mol. The van der Waals surface area contributed by atoms with E-state index in [0.717, 1.165) is 5.56 Å². The van der Waals surface area contributed by atoms with Crippen molar-refractivity contribution in [2.24, 2.45) is 0 Å². The van der Waals surface area contributed by atoms with Crippen molar-refractivity contribution in [2.75, 3.05) is 13.1 Å². The molecule has 0 unspecified atom stereocenters. The summed E-state index contributed by atoms with van der Waals surface area (Å²) in [6.45, 7) is 0.679. The maximum atomic E-state index is 13.0. The van der Waals surface area contributed by atoms with Crippen LogP contribution in [0.15, 0.2) is 48.5 Å². The standard InChI is InChI=1S/C20H17Cl2N3O3/c21-15-6-4-13(5-7-15)11-25-18(27)20(23-19(25)28)8-9-24(12-20)17(26)14-2-1-3-16(22)10-14/h1-7,10H,8-9,11-12H2,(H,23,28)/t20-/m1/s1. The lowest BCUT2D eigenvalue weighted by molar-refractivity contribution is -0.131. The SMILES string of the molecule is O=C(c1cccc(Cl)c1)N1CC[C@]2(C1)NC(=O)N(Cc1ccc(Cl)cc1)C2=O. The number of likely N-dealkylation sites (tertiary alicyclic amines) is 1. The van der Waals surface area contributed by atoms with E-state index in [0.29, 0.717) is 28.6 Å². The summed E-state index contributed by atoms with van der Waals surface area (Å²) in [7, 11) is 0. The quantitative estimate of drug-likeness (QED) is 0.778. The second kappa shape index (κ2) is 7.11. The van der Waals surface area contributed by atoms with Crippen molar-refractivity contribution in [3.05, 3.63) is 69.7 Å². The molecule has 2 aliphatic rings. The van der Waals surface area contributed by atoms with Gasteiger partial charge in [0.05, 0.1) is 13.1 Å². The number of nitrogens with one attached hydrogen (secondary N) is 1. The third kappa shape index (κ3) is 3.34. The topological polar surface area (TPSA) is 69.7 Å². The van der Waals surface area contributed by atoms with Gasteiger partial charge < -0.3 is 10.2 Å². The van der Waals surface area contributed by atoms with E-state index >= 15 is 0 Å². The maximum Gasteiger partial charge on any atom is 0.325 e. The van der Waals surface area contributed by atoms with Gasteiger partial charge in [-0.3, -0.25) is 14.5 Å². The molecule has 28 heavy (non-hydrogen) atoms. The summed E-state index contributed by atoms with van der Waals surface area (Å²) in [5.41, 5.74) is 0.187. The molecule has 8 heteroatoms. The van der Waals surface area contributed by atoms with Gasteiger partial charge in [-0.25, -0.2) is 4.79 Å². The van der Waals surface area contributed by atoms with Crippen LogP contribution in [-0.4, -0.2) is 46.3 Å². The van der Waals surface area contributed by atoms with Gasteiger partial charge in [-0.1, -0.05) is 41.4 Å². The number of rotatable bonds is 3. The third-order valence-electron chi connectivity index (χ3n) is 5.13. The van der Waals surface area contributed by atoms with Gasteiger partial charge in [0.1, 0.15) is 5.54 Å². The molecule has 144 valence electrons. The molecule has 2 aliphatic heterocycles. The first-order chi connectivity index (χ1) is 13.4. The first-order valence-electron chi connectivity index (χ1n) is 8.81. The van der Waals surface area contributed by atoms with Gasteiger partial charge in [-0.2, -0.15) is 0 Å². The van der Waals surface area contributed by atoms with Crippen LogP contribution in [0.1, 0.15) is 22.3 Å². The molecule has 2 fully saturated rings. The lowest BCUT2D eigenvalue weighted by Gasteiger charge is -2.22. The summed E-state index contributed by atoms with van der Waals surface area (Å²) >= 11 is 11.9. The molecule has 0 saturated carbocycles. The molecule has 2 heterocycles. The van der Waals surface area contributed by atoms with Gasteiger partial charge in [0.2, 0.25) is 0 Å². The molecule has 2 aromatic rings. The Morgan fingerprint density at radius 2 is 1.82 bits per heavy atom. The Bertz CT molecular complexity index is 963. The number of benzene rings is 2. The molecular formula is C20H17Cl2N3O3. The van der Waals surface area contributed by atoms with Gasteiger partial charge in [-0.15, -0.1) is 0 Å². The van der Waals surface area contributed by atoms with E-state index in [4.69, 9.17) is 23.2 Å². The van der Waals surface area contributed by atoms with Crippen molar-refractivity contribution in [2.45, 2.75) is 18.5 Å². The molecular weight excluding hydrogens is 401 g/mol. The van der Waals surface area contributed by atoms with Crippen molar-refractivity contribution < 1.29 is 14.4 Å². The Morgan fingerprint density at radius 3 is 2.54 bits per heavy atom. The largest absolute Gasteiger partial charge is 0.336 e. The van der Waals surface area contributed by atoms with Crippen LogP contribution in [0.25, 0.3) is 0 Å². The summed E-state index contributed by atoms with van der Waals surface area (Å²) in [4.78, 5) is 41.0. The second-order valence-corrected chi connectivity index (χ2v) is 7.89. The number of halogens is 2. The third-order valence-corrected chi connectivity index (χ3v) is 5.61. The number of hydrogen-bond donors (Lipinski definition) is 1. The molecule has 4 amide bonds. The van der Waals surface area contributed by atoms with Gasteiger partial charge in [0, 0.05) is 22.2 Å². The predicted octanol–water partition coefficient (Wildman–Crippen LogP) is 3.33. The molecule has 0 aromatic heterocycles. The van der Waals surface area contributed by atoms with Gasteiger partial charge in [0.25, 0.3) is 11.8 Å². The number of amides is 4. The van der Waals surface area contributed by atoms with Gasteiger partial charge >= 0.3 is 6.03 Å². The van der Waals surface area contributed by atoms with E-state index in [-0.39, 0.29) is 24.9 Å². The Labute approximate surface area is 172 Å². The first-order valence-corrected chi connectivity index (χ1v) is 9.57. The van der Waals surface area contributed by atoms with Crippen molar-refractivity contribution in [1.29, 1.82) is 0 Å². The Hall–Kier alpha value is -2.57. The number of carbonyl (C=O) groups excluding carboxylic acids is 3. The van der Waals surface area contributed by atoms with Crippen LogP contribution in [0.3, 0.4) is 0 Å². The Morgan fingerprint density at radius 1 is 1.07 bits per heavy atom. The van der Waals surface area contributed by atoms with E-state index in [1.165, 1.54) is 4.90 Å². The lowest BCUT2D eigenvalue weighted by atomic mass is 9.99. The zero-order chi connectivity index (χ0) is 19.9. The highest BCUT2D eigenvalue weighted by molar-refractivity contribution is 6.31. The molecule has 1 spiro atoms. The van der Waals surface area contributed by atoms with Crippen LogP contribution in [0.4, 0.5) is 4.79 Å². The highest BCUT2D eigenvalue weighted by Gasteiger charge is 2.55. The first kappa shape index (κ1) is 18.8. The second-order valence-electron chi connectivity index (χ2n) is 7.02. The molecule has 0 radical (unpaired) electrons. The average Bonchev–Trinajstić information content (AvgIpc) is 3.20. The minimum Gasteiger partial charge on any atom is -0.336 e. The van der Waals surface area contributed by atoms with Crippen molar-refractivity contribution in [3.8, 4) is 0 Å². The van der Waals surface area contributed by atoms with Gasteiger partial charge in [-0.05, 0) is 42.3 Å². The minimum atomic E-state index is -1.07. The number of hydrogen-bond acceptors (Lipinski definition) is 3. The smallest absolute Gasteiger partial charge is 0.325 e. The highest BCUT2D eigenvalue weighted by atomic mass is 35.5. The van der Waals surface area contributed by atoms with Crippen LogP contribution in [0.5, 0.6) is 0 Å². The van der Waals surface area contributed by atoms with Crippen molar-refractivity contribution in [1.82, 2.24) is 15.1 Å². The fourth-order valence-electron chi connectivity index (χ4n) is 3.66. The van der Waals surface area contributed by atoms with E-state index in [1.54, 1.807) is 53.4 Å². The summed E-state index contributed by atoms with van der Waals surface area (Å²) in [6.07, 6.45) is 0.376. The maximum absolute atomic E-state index is 13.0. The number of nitrogens with zero attached hydrogens (tertiary/aromatic N) is 2. The van der Waals surface area contributed by atoms with E-state index in [9.17, 15) is 14.4 Å². The number of carbonyl (C=O) groups is 3. The average molecular weight is 418 g/mol. The molecule has 4 rings (SSSR count). The summed E-state index contributed by atoms with van der Waals surface area (Å²) in [5.74, 6) is -0.522. The molecule has 0 aliphatic carbocycles. The van der Waals surface area contributed by atoms with Crippen molar-refractivity contribution in [3.63, 3.8) is 0 Å². The van der Waals surface area contributed by atoms with Crippen LogP contribution in [0.2, 0.25) is 10.0 Å². The zero-order valence-corrected chi connectivity index (χ0v) is 16.3. The molecule has 1 atom stereocenters. The van der Waals surface area contributed by atoms with Crippen LogP contribution in [0, 0.1) is 0 Å². The monoisotopic (exact) mass is 417 g/mol. The number of urea groups is 1. The lowest BCUT2D eigenvalue weighted by Crippen LogP contribution is -2.49. The summed E-state index contributed by atoms with van der Waals surface area (Å²) < 4.78 is 0. The Balaban J connectivity index is 1.50. The fourth-order valence-corrected chi connectivity index (χ4v) is 3.97. The highest BCUT2D eigenvalue weighted by Crippen LogP contribution is 2.31. The summed E-state index contributed by atoms with van der Waals surface area (Å²) in [6, 6.07) is 13.2. The minimum absolute atomic E-state index is 0.139. The normalized spacial score (nSPS) is 21.5. The van der Waals surface area contributed by atoms with Crippen LogP contribution >= 0.6 is 23.2 Å². The van der Waals surface area contributed by atoms with E-state index in [1.807, 2.05) is 0 Å². The van der Waals surface area contributed by atoms with Crippen LogP contribution < -0.4 is 5.32 Å². The number of imide groups is 1.